The van der Waals surface area contributed by atoms with Gasteiger partial charge in [-0.2, -0.15) is 12.0 Å². The van der Waals surface area contributed by atoms with E-state index in [0.717, 1.165) is 29.8 Å². The lowest BCUT2D eigenvalue weighted by molar-refractivity contribution is 0.512. The quantitative estimate of drug-likeness (QED) is 0.474. The fourth-order valence-electron chi connectivity index (χ4n) is 1.66. The van der Waals surface area contributed by atoms with Crippen LogP contribution in [0.1, 0.15) is 45.4 Å². The standard InChI is InChI=1S/C14H22O3S2/c1-2-3-4-5-6-10-13-19(15,16)17-18-14-11-8-7-9-12-14/h7-9,11-12H,2-6,10,13H2,1H3. The van der Waals surface area contributed by atoms with Gasteiger partial charge in [0.15, 0.2) is 0 Å². The first-order valence-corrected chi connectivity index (χ1v) is 9.10. The Kier molecular flexibility index (Phi) is 8.18. The van der Waals surface area contributed by atoms with E-state index in [2.05, 4.69) is 6.92 Å². The van der Waals surface area contributed by atoms with Gasteiger partial charge < -0.3 is 0 Å². The van der Waals surface area contributed by atoms with Crippen LogP contribution in [0.25, 0.3) is 0 Å². The van der Waals surface area contributed by atoms with Gasteiger partial charge >= 0.3 is 0 Å². The van der Waals surface area contributed by atoms with E-state index in [1.807, 2.05) is 30.3 Å². The molecule has 0 N–H and O–H groups in total. The molecule has 3 nitrogen and oxygen atoms in total. The molecule has 5 heteroatoms. The molecule has 0 fully saturated rings. The molecule has 0 aliphatic heterocycles. The van der Waals surface area contributed by atoms with Crippen LogP contribution in [0.4, 0.5) is 0 Å². The Hall–Kier alpha value is -0.520. The minimum Gasteiger partial charge on any atom is -0.198 e. The molecule has 0 aliphatic rings. The predicted molar refractivity (Wildman–Crippen MR) is 80.5 cm³/mol. The average Bonchev–Trinajstić information content (AvgIpc) is 2.42. The van der Waals surface area contributed by atoms with Crippen LogP contribution in [0.3, 0.4) is 0 Å². The van der Waals surface area contributed by atoms with Crippen LogP contribution in [-0.4, -0.2) is 14.2 Å². The molecule has 1 rings (SSSR count). The van der Waals surface area contributed by atoms with Crippen molar-refractivity contribution in [2.75, 3.05) is 5.75 Å². The molecular weight excluding hydrogens is 280 g/mol. The van der Waals surface area contributed by atoms with E-state index in [4.69, 9.17) is 3.63 Å². The first-order chi connectivity index (χ1) is 9.14. The Morgan fingerprint density at radius 2 is 1.63 bits per heavy atom. The lowest BCUT2D eigenvalue weighted by Gasteiger charge is -2.04. The maximum atomic E-state index is 11.6. The summed E-state index contributed by atoms with van der Waals surface area (Å²) in [6.07, 6.45) is 6.37. The van der Waals surface area contributed by atoms with Gasteiger partial charge in [0.1, 0.15) is 0 Å². The lowest BCUT2D eigenvalue weighted by atomic mass is 10.1. The molecule has 0 saturated heterocycles. The Bertz CT molecular complexity index is 429. The maximum Gasteiger partial charge on any atom is 0.278 e. The van der Waals surface area contributed by atoms with Gasteiger partial charge in [-0.25, -0.2) is 0 Å². The third-order valence-electron chi connectivity index (χ3n) is 2.73. The summed E-state index contributed by atoms with van der Waals surface area (Å²) in [4.78, 5) is 0.800. The molecule has 0 saturated carbocycles. The van der Waals surface area contributed by atoms with E-state index < -0.39 is 10.1 Å². The SMILES string of the molecule is CCCCCCCCS(=O)(=O)OSc1ccccc1. The highest BCUT2D eigenvalue weighted by atomic mass is 32.3. The second-order valence-electron chi connectivity index (χ2n) is 4.49. The molecule has 0 atom stereocenters. The fourth-order valence-corrected chi connectivity index (χ4v) is 3.49. The van der Waals surface area contributed by atoms with Gasteiger partial charge in [0, 0.05) is 16.9 Å². The molecule has 0 radical (unpaired) electrons. The smallest absolute Gasteiger partial charge is 0.198 e. The average molecular weight is 302 g/mol. The van der Waals surface area contributed by atoms with Gasteiger partial charge in [-0.15, -0.1) is 0 Å². The molecule has 0 heterocycles. The van der Waals surface area contributed by atoms with Crippen LogP contribution in [0.15, 0.2) is 35.2 Å². The van der Waals surface area contributed by atoms with Gasteiger partial charge in [0.05, 0.1) is 5.75 Å². The van der Waals surface area contributed by atoms with E-state index in [-0.39, 0.29) is 5.75 Å². The molecular formula is C14H22O3S2. The van der Waals surface area contributed by atoms with E-state index in [9.17, 15) is 8.42 Å². The normalized spacial score (nSPS) is 11.6. The first kappa shape index (κ1) is 16.5. The number of hydrogen-bond donors (Lipinski definition) is 0. The van der Waals surface area contributed by atoms with Crippen LogP contribution in [0, 0.1) is 0 Å². The molecule has 19 heavy (non-hydrogen) atoms. The monoisotopic (exact) mass is 302 g/mol. The van der Waals surface area contributed by atoms with Crippen LogP contribution < -0.4 is 0 Å². The summed E-state index contributed by atoms with van der Waals surface area (Å²) >= 11 is 0.911. The minimum atomic E-state index is -3.41. The van der Waals surface area contributed by atoms with Crippen LogP contribution in [0.2, 0.25) is 0 Å². The number of benzene rings is 1. The van der Waals surface area contributed by atoms with Crippen molar-refractivity contribution in [2.24, 2.45) is 0 Å². The zero-order valence-electron chi connectivity index (χ0n) is 11.4. The van der Waals surface area contributed by atoms with Crippen LogP contribution in [0.5, 0.6) is 0 Å². The van der Waals surface area contributed by atoms with Crippen molar-refractivity contribution in [2.45, 2.75) is 50.3 Å². The maximum absolute atomic E-state index is 11.6. The number of rotatable bonds is 10. The van der Waals surface area contributed by atoms with Gasteiger partial charge in [0.25, 0.3) is 10.1 Å². The second-order valence-corrected chi connectivity index (χ2v) is 7.20. The molecule has 0 spiro atoms. The van der Waals surface area contributed by atoms with Gasteiger partial charge in [0.2, 0.25) is 0 Å². The van der Waals surface area contributed by atoms with Crippen molar-refractivity contribution in [3.8, 4) is 0 Å². The highest BCUT2D eigenvalue weighted by Crippen LogP contribution is 2.21. The van der Waals surface area contributed by atoms with Crippen LogP contribution >= 0.6 is 12.0 Å². The summed E-state index contributed by atoms with van der Waals surface area (Å²) in [5, 5.41) is 0. The zero-order chi connectivity index (χ0) is 14.0. The van der Waals surface area contributed by atoms with Gasteiger partial charge in [-0.3, -0.25) is 0 Å². The highest BCUT2D eigenvalue weighted by Gasteiger charge is 2.12. The first-order valence-electron chi connectivity index (χ1n) is 6.78. The molecule has 0 bridgehead atoms. The third-order valence-corrected chi connectivity index (χ3v) is 5.08. The summed E-state index contributed by atoms with van der Waals surface area (Å²) in [5.74, 6) is 0.110. The van der Waals surface area contributed by atoms with E-state index in [1.54, 1.807) is 0 Å². The minimum absolute atomic E-state index is 0.110. The fraction of sp³-hybridized carbons (Fsp3) is 0.571. The summed E-state index contributed by atoms with van der Waals surface area (Å²) in [7, 11) is -3.41. The molecule has 1 aromatic carbocycles. The summed E-state index contributed by atoms with van der Waals surface area (Å²) < 4.78 is 28.2. The third kappa shape index (κ3) is 8.29. The number of unbranched alkanes of at least 4 members (excludes halogenated alkanes) is 5. The van der Waals surface area contributed by atoms with Crippen molar-refractivity contribution >= 4 is 22.2 Å². The second kappa shape index (κ2) is 9.39. The predicted octanol–water partition coefficient (Wildman–Crippen LogP) is 4.40. The lowest BCUT2D eigenvalue weighted by Crippen LogP contribution is -2.06. The van der Waals surface area contributed by atoms with Gasteiger partial charge in [-0.1, -0.05) is 57.2 Å². The largest absolute Gasteiger partial charge is 0.278 e. The van der Waals surface area contributed by atoms with Crippen molar-refractivity contribution in [3.05, 3.63) is 30.3 Å². The molecule has 0 amide bonds. The van der Waals surface area contributed by atoms with E-state index >= 15 is 0 Å². The molecule has 0 aromatic heterocycles. The Labute approximate surface area is 121 Å². The van der Waals surface area contributed by atoms with Crippen molar-refractivity contribution in [3.63, 3.8) is 0 Å². The van der Waals surface area contributed by atoms with E-state index in [0.29, 0.717) is 6.42 Å². The summed E-state index contributed by atoms with van der Waals surface area (Å²) in [5.41, 5.74) is 0. The van der Waals surface area contributed by atoms with Crippen molar-refractivity contribution < 1.29 is 12.0 Å². The summed E-state index contributed by atoms with van der Waals surface area (Å²) in [6.45, 7) is 2.17. The molecule has 1 aromatic rings. The summed E-state index contributed by atoms with van der Waals surface area (Å²) in [6, 6.07) is 9.24. The Morgan fingerprint density at radius 1 is 1.00 bits per heavy atom. The van der Waals surface area contributed by atoms with Gasteiger partial charge in [-0.05, 0) is 18.6 Å². The molecule has 108 valence electrons. The van der Waals surface area contributed by atoms with Crippen molar-refractivity contribution in [1.82, 2.24) is 0 Å². The Balaban J connectivity index is 2.17. The number of hydrogen-bond acceptors (Lipinski definition) is 4. The molecule has 0 unspecified atom stereocenters. The topological polar surface area (TPSA) is 43.4 Å². The Morgan fingerprint density at radius 3 is 2.32 bits per heavy atom. The molecule has 0 aliphatic carbocycles. The van der Waals surface area contributed by atoms with Crippen molar-refractivity contribution in [1.29, 1.82) is 0 Å². The zero-order valence-corrected chi connectivity index (χ0v) is 13.0. The highest BCUT2D eigenvalue weighted by molar-refractivity contribution is 8.04. The van der Waals surface area contributed by atoms with Crippen LogP contribution in [-0.2, 0) is 13.7 Å². The van der Waals surface area contributed by atoms with E-state index in [1.165, 1.54) is 19.3 Å².